The molecule has 0 unspecified atom stereocenters. The number of hydrogen-bond acceptors (Lipinski definition) is 4. The van der Waals surface area contributed by atoms with Gasteiger partial charge in [-0.05, 0) is 56.7 Å². The number of aliphatic carboxylic acids is 1. The number of carboxylic acids is 1. The molecule has 1 aliphatic heterocycles. The van der Waals surface area contributed by atoms with Crippen molar-refractivity contribution in [3.63, 3.8) is 0 Å². The van der Waals surface area contributed by atoms with E-state index in [0.29, 0.717) is 30.9 Å². The highest BCUT2D eigenvalue weighted by atomic mass is 16.4. The highest BCUT2D eigenvalue weighted by Crippen LogP contribution is 2.37. The van der Waals surface area contributed by atoms with E-state index in [1.807, 2.05) is 45.9 Å². The third-order valence-corrected chi connectivity index (χ3v) is 5.99. The first-order valence-electron chi connectivity index (χ1n) is 10.2. The van der Waals surface area contributed by atoms with Crippen molar-refractivity contribution in [3.8, 4) is 0 Å². The van der Waals surface area contributed by atoms with E-state index in [-0.39, 0.29) is 18.9 Å². The molecule has 0 spiro atoms. The summed E-state index contributed by atoms with van der Waals surface area (Å²) in [5, 5.41) is 21.3. The first kappa shape index (κ1) is 21.2. The molecule has 2 aromatic rings. The molecule has 3 rings (SSSR count). The largest absolute Gasteiger partial charge is 0.481 e. The summed E-state index contributed by atoms with van der Waals surface area (Å²) < 4.78 is 0. The SMILES string of the molecule is Cc1ccc2c(C(=O)N3CC[C@H](O)[C@](CCC(C)C)(C(=O)O)C3)cc(C)nc2c1. The molecular weight excluding hydrogens is 368 g/mol. The molecule has 0 aliphatic carbocycles. The van der Waals surface area contributed by atoms with Crippen LogP contribution in [0.3, 0.4) is 0 Å². The summed E-state index contributed by atoms with van der Waals surface area (Å²) in [6.45, 7) is 8.24. The Bertz CT molecular complexity index is 935. The summed E-state index contributed by atoms with van der Waals surface area (Å²) in [7, 11) is 0. The molecule has 6 nitrogen and oxygen atoms in total. The van der Waals surface area contributed by atoms with Gasteiger partial charge in [0.15, 0.2) is 0 Å². The Hall–Kier alpha value is -2.47. The Kier molecular flexibility index (Phi) is 5.94. The van der Waals surface area contributed by atoms with Crippen LogP contribution in [0.4, 0.5) is 0 Å². The number of carboxylic acid groups (broad SMARTS) is 1. The molecule has 156 valence electrons. The van der Waals surface area contributed by atoms with E-state index in [1.54, 1.807) is 11.0 Å². The zero-order valence-corrected chi connectivity index (χ0v) is 17.6. The standard InChI is InChI=1S/C23H30N2O4/c1-14(2)7-9-23(22(28)29)13-25(10-8-20(23)26)21(27)18-12-16(4)24-19-11-15(3)5-6-17(18)19/h5-6,11-12,14,20,26H,7-10,13H2,1-4H3,(H,28,29)/t20-,23+/m0/s1. The minimum absolute atomic E-state index is 0.0176. The van der Waals surface area contributed by atoms with Crippen LogP contribution in [0.1, 0.15) is 54.7 Å². The number of likely N-dealkylation sites (tertiary alicyclic amines) is 1. The Morgan fingerprint density at radius 2 is 2.00 bits per heavy atom. The van der Waals surface area contributed by atoms with Crippen molar-refractivity contribution in [2.75, 3.05) is 13.1 Å². The average molecular weight is 399 g/mol. The minimum atomic E-state index is -1.33. The maximum absolute atomic E-state index is 13.4. The van der Waals surface area contributed by atoms with Crippen molar-refractivity contribution in [2.45, 2.75) is 53.1 Å². The lowest BCUT2D eigenvalue weighted by Gasteiger charge is -2.43. The van der Waals surface area contributed by atoms with Gasteiger partial charge in [0.2, 0.25) is 0 Å². The number of aliphatic hydroxyl groups excluding tert-OH is 1. The fourth-order valence-corrected chi connectivity index (χ4v) is 4.18. The van der Waals surface area contributed by atoms with E-state index in [2.05, 4.69) is 4.98 Å². The molecule has 1 aromatic heterocycles. The number of piperidine rings is 1. The fraction of sp³-hybridized carbons (Fsp3) is 0.522. The van der Waals surface area contributed by atoms with Crippen LogP contribution in [0.15, 0.2) is 24.3 Å². The van der Waals surface area contributed by atoms with Crippen LogP contribution < -0.4 is 0 Å². The predicted octanol–water partition coefficient (Wildman–Crippen LogP) is 3.57. The van der Waals surface area contributed by atoms with E-state index < -0.39 is 17.5 Å². The Labute approximate surface area is 171 Å². The molecule has 6 heteroatoms. The highest BCUT2D eigenvalue weighted by molar-refractivity contribution is 6.06. The number of benzene rings is 1. The molecule has 2 heterocycles. The van der Waals surface area contributed by atoms with Crippen LogP contribution >= 0.6 is 0 Å². The monoisotopic (exact) mass is 398 g/mol. The molecule has 1 fully saturated rings. The van der Waals surface area contributed by atoms with Gasteiger partial charge >= 0.3 is 5.97 Å². The Balaban J connectivity index is 1.97. The number of fused-ring (bicyclic) bond motifs is 1. The van der Waals surface area contributed by atoms with Gasteiger partial charge in [-0.15, -0.1) is 0 Å². The summed E-state index contributed by atoms with van der Waals surface area (Å²) >= 11 is 0. The van der Waals surface area contributed by atoms with E-state index in [1.165, 1.54) is 0 Å². The third kappa shape index (κ3) is 4.13. The van der Waals surface area contributed by atoms with Gasteiger partial charge in [-0.1, -0.05) is 26.0 Å². The molecule has 1 amide bonds. The topological polar surface area (TPSA) is 90.7 Å². The lowest BCUT2D eigenvalue weighted by molar-refractivity contribution is -0.163. The summed E-state index contributed by atoms with van der Waals surface area (Å²) in [5.74, 6) is -0.916. The number of amides is 1. The van der Waals surface area contributed by atoms with Gasteiger partial charge in [0.1, 0.15) is 5.41 Å². The molecule has 2 atom stereocenters. The molecule has 1 aliphatic rings. The number of rotatable bonds is 5. The normalized spacial score (nSPS) is 22.3. The van der Waals surface area contributed by atoms with Crippen molar-refractivity contribution in [2.24, 2.45) is 11.3 Å². The van der Waals surface area contributed by atoms with Gasteiger partial charge in [0.05, 0.1) is 17.2 Å². The van der Waals surface area contributed by atoms with Crippen LogP contribution in [0.5, 0.6) is 0 Å². The Morgan fingerprint density at radius 3 is 2.66 bits per heavy atom. The van der Waals surface area contributed by atoms with Crippen molar-refractivity contribution < 1.29 is 19.8 Å². The number of nitrogens with zero attached hydrogens (tertiary/aromatic N) is 2. The molecule has 29 heavy (non-hydrogen) atoms. The van der Waals surface area contributed by atoms with Crippen molar-refractivity contribution >= 4 is 22.8 Å². The second-order valence-electron chi connectivity index (χ2n) is 8.76. The highest BCUT2D eigenvalue weighted by Gasteiger charge is 2.50. The van der Waals surface area contributed by atoms with Crippen molar-refractivity contribution in [1.82, 2.24) is 9.88 Å². The maximum Gasteiger partial charge on any atom is 0.314 e. The van der Waals surface area contributed by atoms with Crippen LogP contribution in [-0.4, -0.2) is 51.2 Å². The van der Waals surface area contributed by atoms with E-state index in [4.69, 9.17) is 0 Å². The van der Waals surface area contributed by atoms with Gasteiger partial charge in [-0.2, -0.15) is 0 Å². The number of hydrogen-bond donors (Lipinski definition) is 2. The van der Waals surface area contributed by atoms with Crippen LogP contribution in [0, 0.1) is 25.2 Å². The smallest absolute Gasteiger partial charge is 0.314 e. The molecular formula is C23H30N2O4. The predicted molar refractivity (Wildman–Crippen MR) is 112 cm³/mol. The number of pyridine rings is 1. The molecule has 1 aromatic carbocycles. The first-order valence-corrected chi connectivity index (χ1v) is 10.2. The van der Waals surface area contributed by atoms with E-state index in [9.17, 15) is 19.8 Å². The molecule has 0 bridgehead atoms. The minimum Gasteiger partial charge on any atom is -0.481 e. The fourth-order valence-electron chi connectivity index (χ4n) is 4.18. The first-order chi connectivity index (χ1) is 13.6. The second kappa shape index (κ2) is 8.11. The lowest BCUT2D eigenvalue weighted by Crippen LogP contribution is -2.57. The zero-order chi connectivity index (χ0) is 21.3. The molecule has 0 radical (unpaired) electrons. The number of aliphatic hydroxyl groups is 1. The number of carbonyl (C=O) groups excluding carboxylic acids is 1. The van der Waals surface area contributed by atoms with Gasteiger partial charge < -0.3 is 15.1 Å². The third-order valence-electron chi connectivity index (χ3n) is 5.99. The summed E-state index contributed by atoms with van der Waals surface area (Å²) in [4.78, 5) is 31.8. The van der Waals surface area contributed by atoms with Crippen molar-refractivity contribution in [1.29, 1.82) is 0 Å². The maximum atomic E-state index is 13.4. The second-order valence-corrected chi connectivity index (χ2v) is 8.76. The number of aryl methyl sites for hydroxylation is 2. The summed E-state index contributed by atoms with van der Waals surface area (Å²) in [6.07, 6.45) is 0.334. The van der Waals surface area contributed by atoms with Gasteiger partial charge in [0.25, 0.3) is 5.91 Å². The Morgan fingerprint density at radius 1 is 1.28 bits per heavy atom. The van der Waals surface area contributed by atoms with Crippen molar-refractivity contribution in [3.05, 3.63) is 41.1 Å². The zero-order valence-electron chi connectivity index (χ0n) is 17.6. The number of carbonyl (C=O) groups is 2. The van der Waals surface area contributed by atoms with Crippen LogP contribution in [0.25, 0.3) is 10.9 Å². The molecule has 2 N–H and O–H groups in total. The van der Waals surface area contributed by atoms with Crippen LogP contribution in [-0.2, 0) is 4.79 Å². The summed E-state index contributed by atoms with van der Waals surface area (Å²) in [5.41, 5.74) is 1.77. The lowest BCUT2D eigenvalue weighted by atomic mass is 9.72. The van der Waals surface area contributed by atoms with Gasteiger partial charge in [-0.25, -0.2) is 0 Å². The van der Waals surface area contributed by atoms with E-state index in [0.717, 1.165) is 22.2 Å². The van der Waals surface area contributed by atoms with Gasteiger partial charge in [0, 0.05) is 24.2 Å². The summed E-state index contributed by atoms with van der Waals surface area (Å²) in [6, 6.07) is 7.55. The van der Waals surface area contributed by atoms with E-state index >= 15 is 0 Å². The quantitative estimate of drug-likeness (QED) is 0.804. The molecule has 1 saturated heterocycles. The van der Waals surface area contributed by atoms with Crippen LogP contribution in [0.2, 0.25) is 0 Å². The molecule has 0 saturated carbocycles. The van der Waals surface area contributed by atoms with Gasteiger partial charge in [-0.3, -0.25) is 14.6 Å². The average Bonchev–Trinajstić information content (AvgIpc) is 2.65. The number of aromatic nitrogens is 1.